The third kappa shape index (κ3) is 6.67. The van der Waals surface area contributed by atoms with Gasteiger partial charge in [-0.3, -0.25) is 9.78 Å². The molecule has 3 heterocycles. The normalized spacial score (nSPS) is 16.0. The van der Waals surface area contributed by atoms with Gasteiger partial charge in [0, 0.05) is 36.1 Å². The number of aliphatic carboxylic acids is 1. The molecule has 3 aromatic rings. The molecule has 2 aliphatic rings. The van der Waals surface area contributed by atoms with Crippen LogP contribution in [0.15, 0.2) is 48.7 Å². The number of carboxylic acids is 1. The summed E-state index contributed by atoms with van der Waals surface area (Å²) in [5.74, 6) is -2.07. The number of alkyl halides is 3. The lowest BCUT2D eigenvalue weighted by Gasteiger charge is -2.23. The van der Waals surface area contributed by atoms with Gasteiger partial charge in [0.25, 0.3) is 5.91 Å². The van der Waals surface area contributed by atoms with E-state index in [4.69, 9.17) is 9.90 Å². The van der Waals surface area contributed by atoms with Gasteiger partial charge in [-0.25, -0.2) is 4.79 Å². The molecule has 0 atom stereocenters. The van der Waals surface area contributed by atoms with E-state index in [9.17, 15) is 18.0 Å². The van der Waals surface area contributed by atoms with E-state index in [0.29, 0.717) is 12.5 Å². The fraction of sp³-hybridized carbons (Fsp3) is 0.321. The van der Waals surface area contributed by atoms with Gasteiger partial charge in [0.05, 0.1) is 11.3 Å². The van der Waals surface area contributed by atoms with Crippen molar-refractivity contribution in [1.29, 1.82) is 0 Å². The Morgan fingerprint density at radius 2 is 1.78 bits per heavy atom. The number of aromatic nitrogens is 2. The molecule has 0 saturated heterocycles. The van der Waals surface area contributed by atoms with E-state index < -0.39 is 12.1 Å². The predicted molar refractivity (Wildman–Crippen MR) is 135 cm³/mol. The number of nitrogens with one attached hydrogen (secondary N) is 2. The zero-order valence-corrected chi connectivity index (χ0v) is 20.1. The number of benzene rings is 1. The molecule has 194 valence electrons. The number of hydrogen-bond acceptors (Lipinski definition) is 3. The lowest BCUT2D eigenvalue weighted by atomic mass is 9.82. The van der Waals surface area contributed by atoms with Crippen LogP contribution in [0.25, 0.3) is 23.4 Å². The zero-order valence-electron chi connectivity index (χ0n) is 20.1. The minimum atomic E-state index is -5.08. The van der Waals surface area contributed by atoms with Gasteiger partial charge in [-0.05, 0) is 54.2 Å². The number of amides is 1. The third-order valence-electron chi connectivity index (χ3n) is 6.61. The first-order chi connectivity index (χ1) is 17.7. The lowest BCUT2D eigenvalue weighted by molar-refractivity contribution is -0.192. The number of hydrogen-bond donors (Lipinski definition) is 3. The van der Waals surface area contributed by atoms with E-state index >= 15 is 0 Å². The first-order valence-corrected chi connectivity index (χ1v) is 12.3. The van der Waals surface area contributed by atoms with Gasteiger partial charge in [0.1, 0.15) is 0 Å². The van der Waals surface area contributed by atoms with Crippen molar-refractivity contribution in [2.45, 2.75) is 50.6 Å². The van der Waals surface area contributed by atoms with Crippen molar-refractivity contribution in [3.05, 3.63) is 76.7 Å². The van der Waals surface area contributed by atoms with Gasteiger partial charge < -0.3 is 15.4 Å². The number of halogens is 3. The maximum atomic E-state index is 12.1. The fourth-order valence-corrected chi connectivity index (χ4v) is 4.78. The quantitative estimate of drug-likeness (QED) is 0.388. The number of aromatic amines is 1. The van der Waals surface area contributed by atoms with Crippen LogP contribution in [-0.2, 0) is 11.2 Å². The van der Waals surface area contributed by atoms with Crippen molar-refractivity contribution in [3.63, 3.8) is 0 Å². The van der Waals surface area contributed by atoms with Crippen LogP contribution in [0.3, 0.4) is 0 Å². The summed E-state index contributed by atoms with van der Waals surface area (Å²) in [6, 6.07) is 14.8. The Balaban J connectivity index is 0.000000405. The summed E-state index contributed by atoms with van der Waals surface area (Å²) >= 11 is 0. The fourth-order valence-electron chi connectivity index (χ4n) is 4.78. The van der Waals surface area contributed by atoms with Crippen LogP contribution in [-0.4, -0.2) is 39.7 Å². The van der Waals surface area contributed by atoms with Crippen LogP contribution < -0.4 is 5.32 Å². The van der Waals surface area contributed by atoms with Crippen LogP contribution in [0.5, 0.6) is 0 Å². The number of rotatable bonds is 4. The molecule has 9 heteroatoms. The molecule has 1 amide bonds. The monoisotopic (exact) mass is 511 g/mol. The molecule has 0 bridgehead atoms. The van der Waals surface area contributed by atoms with Crippen molar-refractivity contribution >= 4 is 24.0 Å². The summed E-state index contributed by atoms with van der Waals surface area (Å²) < 4.78 is 31.7. The second-order valence-corrected chi connectivity index (χ2v) is 9.15. The van der Waals surface area contributed by atoms with E-state index in [1.54, 1.807) is 0 Å². The maximum absolute atomic E-state index is 12.1. The summed E-state index contributed by atoms with van der Waals surface area (Å²) in [5, 5.41) is 10.0. The molecular formula is C28H28F3N3O3. The Labute approximate surface area is 212 Å². The van der Waals surface area contributed by atoms with E-state index in [1.807, 2.05) is 18.3 Å². The standard InChI is InChI=1S/C26H27N3O.C2HF3O2/c30-26-23-17-25(29-24(23)13-15-28-26)20-12-14-27-21(16-20)11-10-19-8-4-5-9-22(19)18-6-2-1-3-7-18;3-2(4,5)1(6)7/h4-5,8-12,14,16-18,29H,1-3,6-7,13,15H2,(H,28,30);(H,6,7)/b11-10+;. The Bertz CT molecular complexity index is 1290. The summed E-state index contributed by atoms with van der Waals surface area (Å²) in [6.45, 7) is 0.691. The third-order valence-corrected chi connectivity index (χ3v) is 6.61. The highest BCUT2D eigenvalue weighted by atomic mass is 19.4. The Kier molecular flexibility index (Phi) is 8.11. The van der Waals surface area contributed by atoms with Crippen molar-refractivity contribution in [1.82, 2.24) is 15.3 Å². The summed E-state index contributed by atoms with van der Waals surface area (Å²) in [7, 11) is 0. The van der Waals surface area contributed by atoms with Crippen LogP contribution in [0.4, 0.5) is 13.2 Å². The Morgan fingerprint density at radius 1 is 1.05 bits per heavy atom. The molecule has 0 radical (unpaired) electrons. The van der Waals surface area contributed by atoms with E-state index in [0.717, 1.165) is 34.6 Å². The predicted octanol–water partition coefficient (Wildman–Crippen LogP) is 6.21. The highest BCUT2D eigenvalue weighted by molar-refractivity contribution is 5.97. The molecule has 0 spiro atoms. The average Bonchev–Trinajstić information content (AvgIpc) is 3.34. The summed E-state index contributed by atoms with van der Waals surface area (Å²) in [6.07, 6.45) is 8.53. The molecule has 3 N–H and O–H groups in total. The molecule has 1 aromatic carbocycles. The number of carbonyl (C=O) groups is 2. The molecule has 1 fully saturated rings. The molecule has 0 unspecified atom stereocenters. The average molecular weight is 512 g/mol. The second kappa shape index (κ2) is 11.5. The van der Waals surface area contributed by atoms with Crippen LogP contribution in [0, 0.1) is 0 Å². The summed E-state index contributed by atoms with van der Waals surface area (Å²) in [5.41, 5.74) is 7.47. The molecule has 2 aromatic heterocycles. The first kappa shape index (κ1) is 26.2. The lowest BCUT2D eigenvalue weighted by Crippen LogP contribution is -2.31. The maximum Gasteiger partial charge on any atom is 0.490 e. The molecule has 37 heavy (non-hydrogen) atoms. The number of carbonyl (C=O) groups excluding carboxylic acids is 1. The van der Waals surface area contributed by atoms with Crippen LogP contribution in [0.1, 0.15) is 70.9 Å². The SMILES string of the molecule is O=C(O)C(F)(F)F.O=C1NCCc2[nH]c(-c3ccnc(/C=C/c4ccccc4C4CCCCC4)c3)cc21. The largest absolute Gasteiger partial charge is 0.490 e. The minimum Gasteiger partial charge on any atom is -0.475 e. The minimum absolute atomic E-state index is 0.00671. The van der Waals surface area contributed by atoms with Gasteiger partial charge in [-0.15, -0.1) is 0 Å². The summed E-state index contributed by atoms with van der Waals surface area (Å²) in [4.78, 5) is 28.9. The smallest absolute Gasteiger partial charge is 0.475 e. The van der Waals surface area contributed by atoms with E-state index in [-0.39, 0.29) is 5.91 Å². The molecule has 5 rings (SSSR count). The van der Waals surface area contributed by atoms with Crippen molar-refractivity contribution < 1.29 is 27.9 Å². The Morgan fingerprint density at radius 3 is 2.49 bits per heavy atom. The van der Waals surface area contributed by atoms with Gasteiger partial charge in [0.15, 0.2) is 0 Å². The van der Waals surface area contributed by atoms with E-state index in [2.05, 4.69) is 57.8 Å². The van der Waals surface area contributed by atoms with Gasteiger partial charge >= 0.3 is 12.1 Å². The Hall–Kier alpha value is -3.88. The molecule has 1 saturated carbocycles. The number of H-pyrrole nitrogens is 1. The van der Waals surface area contributed by atoms with Crippen molar-refractivity contribution in [2.75, 3.05) is 6.54 Å². The van der Waals surface area contributed by atoms with Crippen molar-refractivity contribution in [3.8, 4) is 11.3 Å². The van der Waals surface area contributed by atoms with Gasteiger partial charge in [0.2, 0.25) is 0 Å². The second-order valence-electron chi connectivity index (χ2n) is 9.15. The van der Waals surface area contributed by atoms with Crippen LogP contribution >= 0.6 is 0 Å². The number of fused-ring (bicyclic) bond motifs is 1. The van der Waals surface area contributed by atoms with Crippen LogP contribution in [0.2, 0.25) is 0 Å². The number of pyridine rings is 1. The number of carboxylic acid groups (broad SMARTS) is 1. The molecule has 6 nitrogen and oxygen atoms in total. The van der Waals surface area contributed by atoms with Gasteiger partial charge in [-0.1, -0.05) is 49.6 Å². The van der Waals surface area contributed by atoms with Crippen molar-refractivity contribution in [2.24, 2.45) is 0 Å². The molecular weight excluding hydrogens is 483 g/mol. The highest BCUT2D eigenvalue weighted by Crippen LogP contribution is 2.35. The highest BCUT2D eigenvalue weighted by Gasteiger charge is 2.38. The first-order valence-electron chi connectivity index (χ1n) is 12.3. The topological polar surface area (TPSA) is 95.1 Å². The van der Waals surface area contributed by atoms with E-state index in [1.165, 1.54) is 43.2 Å². The number of nitrogens with zero attached hydrogens (tertiary/aromatic N) is 1. The molecule has 1 aliphatic carbocycles. The zero-order chi connectivity index (χ0) is 26.4. The van der Waals surface area contributed by atoms with Gasteiger partial charge in [-0.2, -0.15) is 13.2 Å². The molecule has 1 aliphatic heterocycles.